The van der Waals surface area contributed by atoms with Crippen molar-refractivity contribution in [2.24, 2.45) is 0 Å². The van der Waals surface area contributed by atoms with Gasteiger partial charge in [0.2, 0.25) is 0 Å². The number of hydrogen-bond acceptors (Lipinski definition) is 6. The fraction of sp³-hybridized carbons (Fsp3) is 0.136. The van der Waals surface area contributed by atoms with E-state index >= 15 is 0 Å². The molecule has 11 heteroatoms. The highest BCUT2D eigenvalue weighted by atomic mass is 32.2. The number of benzene rings is 1. The first-order chi connectivity index (χ1) is 15.7. The van der Waals surface area contributed by atoms with Gasteiger partial charge in [0, 0.05) is 42.4 Å². The van der Waals surface area contributed by atoms with Crippen LogP contribution < -0.4 is 15.1 Å². The number of pyridine rings is 2. The molecular formula is C22H18F2N4O4S. The number of nitrogens with zero attached hydrogens (tertiary/aromatic N) is 2. The maximum Gasteiger partial charge on any atom is 0.340 e. The first-order valence-electron chi connectivity index (χ1n) is 9.72. The van der Waals surface area contributed by atoms with Crippen molar-refractivity contribution in [2.75, 3.05) is 11.8 Å². The minimum atomic E-state index is -3.97. The second-order valence-electron chi connectivity index (χ2n) is 7.16. The lowest BCUT2D eigenvalue weighted by Crippen LogP contribution is -2.27. The molecule has 4 rings (SSSR count). The van der Waals surface area contributed by atoms with E-state index in [0.29, 0.717) is 16.5 Å². The third kappa shape index (κ3) is 4.45. The van der Waals surface area contributed by atoms with Crippen molar-refractivity contribution in [2.45, 2.75) is 13.3 Å². The lowest BCUT2D eigenvalue weighted by Gasteiger charge is -2.12. The quantitative estimate of drug-likeness (QED) is 0.416. The molecule has 0 spiro atoms. The maximum atomic E-state index is 14.9. The van der Waals surface area contributed by atoms with Crippen LogP contribution in [0.5, 0.6) is 0 Å². The van der Waals surface area contributed by atoms with Gasteiger partial charge in [-0.15, -0.1) is 0 Å². The van der Waals surface area contributed by atoms with Gasteiger partial charge in [-0.25, -0.2) is 23.3 Å². The number of rotatable bonds is 6. The Morgan fingerprint density at radius 1 is 1.09 bits per heavy atom. The van der Waals surface area contributed by atoms with Crippen molar-refractivity contribution in [1.29, 1.82) is 0 Å². The summed E-state index contributed by atoms with van der Waals surface area (Å²) >= 11 is 0. The van der Waals surface area contributed by atoms with E-state index in [1.54, 1.807) is 19.1 Å². The standard InChI is InChI=1S/C22H18F2N4O4S/c1-12-15-6-5-14(20-17(23)4-3-8-26-20)11-18(15)32-22(29)16(12)10-13-7-9-27-21(19(13)24)28-33(30,31)25-2/h3-9,11,25H,10H2,1-2H3,(H,27,28). The third-order valence-electron chi connectivity index (χ3n) is 5.16. The molecule has 2 N–H and O–H groups in total. The Morgan fingerprint density at radius 3 is 2.61 bits per heavy atom. The van der Waals surface area contributed by atoms with Crippen LogP contribution in [0.1, 0.15) is 16.7 Å². The molecule has 0 amide bonds. The molecule has 4 aromatic rings. The van der Waals surface area contributed by atoms with Gasteiger partial charge in [-0.2, -0.15) is 8.42 Å². The van der Waals surface area contributed by atoms with Crippen LogP contribution in [0.4, 0.5) is 14.6 Å². The lowest BCUT2D eigenvalue weighted by atomic mass is 9.98. The van der Waals surface area contributed by atoms with E-state index in [1.165, 1.54) is 43.7 Å². The second-order valence-corrected chi connectivity index (χ2v) is 8.78. The van der Waals surface area contributed by atoms with Gasteiger partial charge < -0.3 is 4.42 Å². The molecule has 170 valence electrons. The molecule has 0 aliphatic heterocycles. The summed E-state index contributed by atoms with van der Waals surface area (Å²) in [6, 6.07) is 8.96. The molecule has 0 aliphatic rings. The number of anilines is 1. The van der Waals surface area contributed by atoms with Crippen LogP contribution in [0.15, 0.2) is 58.0 Å². The first-order valence-corrected chi connectivity index (χ1v) is 11.2. The Balaban J connectivity index is 1.75. The zero-order valence-electron chi connectivity index (χ0n) is 17.5. The van der Waals surface area contributed by atoms with Gasteiger partial charge in [0.25, 0.3) is 10.2 Å². The minimum absolute atomic E-state index is 0.0562. The number of fused-ring (bicyclic) bond motifs is 1. The van der Waals surface area contributed by atoms with E-state index < -0.39 is 33.3 Å². The van der Waals surface area contributed by atoms with Crippen LogP contribution >= 0.6 is 0 Å². The molecule has 0 saturated heterocycles. The number of halogens is 2. The first kappa shape index (κ1) is 22.5. The summed E-state index contributed by atoms with van der Waals surface area (Å²) in [5.74, 6) is -1.91. The summed E-state index contributed by atoms with van der Waals surface area (Å²) in [4.78, 5) is 20.5. The van der Waals surface area contributed by atoms with Gasteiger partial charge in [-0.1, -0.05) is 12.1 Å². The van der Waals surface area contributed by atoms with Crippen LogP contribution in [0.3, 0.4) is 0 Å². The maximum absolute atomic E-state index is 14.9. The van der Waals surface area contributed by atoms with Gasteiger partial charge in [-0.05, 0) is 42.3 Å². The molecule has 3 heterocycles. The number of hydrogen-bond donors (Lipinski definition) is 2. The van der Waals surface area contributed by atoms with E-state index in [-0.39, 0.29) is 28.8 Å². The molecule has 0 radical (unpaired) electrons. The molecule has 33 heavy (non-hydrogen) atoms. The van der Waals surface area contributed by atoms with Crippen LogP contribution in [-0.4, -0.2) is 25.4 Å². The van der Waals surface area contributed by atoms with Crippen molar-refractivity contribution in [3.8, 4) is 11.3 Å². The fourth-order valence-corrected chi connectivity index (χ4v) is 3.90. The monoisotopic (exact) mass is 472 g/mol. The van der Waals surface area contributed by atoms with Crippen molar-refractivity contribution in [3.63, 3.8) is 0 Å². The van der Waals surface area contributed by atoms with Gasteiger partial charge in [0.05, 0.1) is 0 Å². The summed E-state index contributed by atoms with van der Waals surface area (Å²) in [6.07, 6.45) is 2.54. The number of nitrogens with one attached hydrogen (secondary N) is 2. The summed E-state index contributed by atoms with van der Waals surface area (Å²) in [7, 11) is -2.81. The largest absolute Gasteiger partial charge is 0.422 e. The predicted molar refractivity (Wildman–Crippen MR) is 119 cm³/mol. The minimum Gasteiger partial charge on any atom is -0.422 e. The van der Waals surface area contributed by atoms with Crippen LogP contribution in [0.25, 0.3) is 22.2 Å². The summed E-state index contributed by atoms with van der Waals surface area (Å²) in [6.45, 7) is 1.69. The van der Waals surface area contributed by atoms with E-state index in [0.717, 1.165) is 0 Å². The third-order valence-corrected chi connectivity index (χ3v) is 6.15. The molecule has 8 nitrogen and oxygen atoms in total. The highest BCUT2D eigenvalue weighted by Gasteiger charge is 2.19. The van der Waals surface area contributed by atoms with Crippen LogP contribution in [0.2, 0.25) is 0 Å². The Labute approximate surface area is 187 Å². The summed E-state index contributed by atoms with van der Waals surface area (Å²) in [5, 5.41) is 0.593. The molecule has 0 unspecified atom stereocenters. The van der Waals surface area contributed by atoms with Gasteiger partial charge in [-0.3, -0.25) is 9.71 Å². The highest BCUT2D eigenvalue weighted by Crippen LogP contribution is 2.28. The Kier molecular flexibility index (Phi) is 5.91. The lowest BCUT2D eigenvalue weighted by molar-refractivity contribution is 0.548. The molecule has 0 bridgehead atoms. The Hall–Kier alpha value is -3.70. The fourth-order valence-electron chi connectivity index (χ4n) is 3.40. The average Bonchev–Trinajstić information content (AvgIpc) is 2.79. The van der Waals surface area contributed by atoms with Gasteiger partial charge >= 0.3 is 5.63 Å². The SMILES string of the molecule is CNS(=O)(=O)Nc1nccc(Cc2c(C)c3ccc(-c4ncccc4F)cc3oc2=O)c1F. The van der Waals surface area contributed by atoms with Gasteiger partial charge in [0.1, 0.15) is 17.1 Å². The van der Waals surface area contributed by atoms with Crippen molar-refractivity contribution in [3.05, 3.63) is 87.5 Å². The van der Waals surface area contributed by atoms with Crippen molar-refractivity contribution < 1.29 is 21.6 Å². The number of aryl methyl sites for hydroxylation is 1. The van der Waals surface area contributed by atoms with E-state index in [1.807, 2.05) is 9.44 Å². The van der Waals surface area contributed by atoms with Crippen LogP contribution in [-0.2, 0) is 16.6 Å². The highest BCUT2D eigenvalue weighted by molar-refractivity contribution is 7.90. The smallest absolute Gasteiger partial charge is 0.340 e. The normalized spacial score (nSPS) is 11.6. The Bertz CT molecular complexity index is 1540. The molecule has 3 aromatic heterocycles. The predicted octanol–water partition coefficient (Wildman–Crippen LogP) is 3.30. The molecule has 0 saturated carbocycles. The average molecular weight is 472 g/mol. The van der Waals surface area contributed by atoms with E-state index in [4.69, 9.17) is 4.42 Å². The van der Waals surface area contributed by atoms with Crippen molar-refractivity contribution in [1.82, 2.24) is 14.7 Å². The second kappa shape index (κ2) is 8.68. The molecule has 0 fully saturated rings. The van der Waals surface area contributed by atoms with E-state index in [2.05, 4.69) is 9.97 Å². The van der Waals surface area contributed by atoms with E-state index in [9.17, 15) is 22.0 Å². The Morgan fingerprint density at radius 2 is 1.88 bits per heavy atom. The topological polar surface area (TPSA) is 114 Å². The van der Waals surface area contributed by atoms with Gasteiger partial charge in [0.15, 0.2) is 11.6 Å². The number of aromatic nitrogens is 2. The van der Waals surface area contributed by atoms with Crippen molar-refractivity contribution >= 4 is 27.0 Å². The molecule has 0 aliphatic carbocycles. The van der Waals surface area contributed by atoms with Crippen LogP contribution in [0, 0.1) is 18.6 Å². The molecule has 1 aromatic carbocycles. The summed E-state index contributed by atoms with van der Waals surface area (Å²) in [5.41, 5.74) is 0.931. The zero-order valence-corrected chi connectivity index (χ0v) is 18.3. The summed E-state index contributed by atoms with van der Waals surface area (Å²) < 4.78 is 61.8. The zero-order chi connectivity index (χ0) is 23.8. The molecule has 0 atom stereocenters. The molecular weight excluding hydrogens is 454 g/mol.